The second-order valence-electron chi connectivity index (χ2n) is 4.37. The molecule has 2 amide bonds. The third-order valence-electron chi connectivity index (χ3n) is 2.85. The molecule has 1 heterocycles. The maximum atomic E-state index is 12.0. The van der Waals surface area contributed by atoms with Crippen LogP contribution in [0, 0.1) is 20.2 Å². The highest BCUT2D eigenvalue weighted by Gasteiger charge is 2.24. The van der Waals surface area contributed by atoms with Crippen LogP contribution in [-0.4, -0.2) is 26.6 Å². The van der Waals surface area contributed by atoms with Crippen LogP contribution in [0.15, 0.2) is 42.7 Å². The molecule has 0 aliphatic heterocycles. The summed E-state index contributed by atoms with van der Waals surface area (Å²) in [5.41, 5.74) is 2.51. The summed E-state index contributed by atoms with van der Waals surface area (Å²) in [6, 6.07) is 5.51. The summed E-state index contributed by atoms with van der Waals surface area (Å²) >= 11 is 0. The molecule has 1 aromatic heterocycles. The van der Waals surface area contributed by atoms with Crippen LogP contribution in [0.25, 0.3) is 0 Å². The number of benzene rings is 1. The van der Waals surface area contributed by atoms with Crippen molar-refractivity contribution in [1.29, 1.82) is 0 Å². The smallest absolute Gasteiger partial charge is 0.267 e. The molecule has 2 N–H and O–H groups in total. The molecule has 0 unspecified atom stereocenters. The Hall–Kier alpha value is -3.89. The first-order valence-corrected chi connectivity index (χ1v) is 6.33. The quantitative estimate of drug-likeness (QED) is 0.624. The van der Waals surface area contributed by atoms with E-state index in [4.69, 9.17) is 0 Å². The van der Waals surface area contributed by atoms with Crippen molar-refractivity contribution in [2.24, 2.45) is 0 Å². The van der Waals surface area contributed by atoms with Crippen LogP contribution in [0.1, 0.15) is 20.7 Å². The molecule has 11 nitrogen and oxygen atoms in total. The zero-order valence-corrected chi connectivity index (χ0v) is 11.8. The molecule has 0 aliphatic carbocycles. The van der Waals surface area contributed by atoms with E-state index in [1.54, 1.807) is 0 Å². The molecule has 0 saturated heterocycles. The number of non-ortho nitro benzene ring substituents is 1. The Labute approximate surface area is 133 Å². The topological polar surface area (TPSA) is 157 Å². The van der Waals surface area contributed by atoms with Crippen molar-refractivity contribution in [3.05, 3.63) is 74.1 Å². The summed E-state index contributed by atoms with van der Waals surface area (Å²) in [5.74, 6) is -1.67. The zero-order valence-electron chi connectivity index (χ0n) is 11.8. The van der Waals surface area contributed by atoms with Crippen LogP contribution >= 0.6 is 0 Å². The van der Waals surface area contributed by atoms with Gasteiger partial charge in [0.05, 0.1) is 21.5 Å². The average Bonchev–Trinajstić information content (AvgIpc) is 2.59. The predicted octanol–water partition coefficient (Wildman–Crippen LogP) is 0.973. The largest absolute Gasteiger partial charge is 0.289 e. The monoisotopic (exact) mass is 331 g/mol. The van der Waals surface area contributed by atoms with Gasteiger partial charge >= 0.3 is 0 Å². The van der Waals surface area contributed by atoms with Crippen LogP contribution in [0.4, 0.5) is 11.4 Å². The molecule has 0 radical (unpaired) electrons. The fraction of sp³-hybridized carbons (Fsp3) is 0. The highest BCUT2D eigenvalue weighted by molar-refractivity contribution is 6.01. The number of hydrazine groups is 1. The highest BCUT2D eigenvalue weighted by atomic mass is 16.6. The summed E-state index contributed by atoms with van der Waals surface area (Å²) in [4.78, 5) is 47.3. The van der Waals surface area contributed by atoms with Crippen LogP contribution in [-0.2, 0) is 0 Å². The third-order valence-corrected chi connectivity index (χ3v) is 2.85. The van der Waals surface area contributed by atoms with E-state index < -0.39 is 38.6 Å². The molecular formula is C13H9N5O6. The summed E-state index contributed by atoms with van der Waals surface area (Å²) < 4.78 is 0. The van der Waals surface area contributed by atoms with Gasteiger partial charge in [-0.3, -0.25) is 45.7 Å². The first-order chi connectivity index (χ1) is 11.4. The molecule has 2 rings (SSSR count). The van der Waals surface area contributed by atoms with Gasteiger partial charge in [0, 0.05) is 18.5 Å². The van der Waals surface area contributed by atoms with E-state index >= 15 is 0 Å². The van der Waals surface area contributed by atoms with Crippen LogP contribution in [0.2, 0.25) is 0 Å². The van der Waals surface area contributed by atoms with Gasteiger partial charge in [-0.05, 0) is 18.2 Å². The van der Waals surface area contributed by atoms with Crippen LogP contribution in [0.5, 0.6) is 0 Å². The van der Waals surface area contributed by atoms with E-state index in [1.165, 1.54) is 24.5 Å². The van der Waals surface area contributed by atoms with Crippen molar-refractivity contribution in [2.45, 2.75) is 0 Å². The number of rotatable bonds is 4. The Bertz CT molecular complexity index is 823. The van der Waals surface area contributed by atoms with Gasteiger partial charge in [0.25, 0.3) is 23.2 Å². The summed E-state index contributed by atoms with van der Waals surface area (Å²) in [6.45, 7) is 0. The minimum atomic E-state index is -0.992. The molecule has 122 valence electrons. The van der Waals surface area contributed by atoms with Gasteiger partial charge in [-0.15, -0.1) is 0 Å². The van der Waals surface area contributed by atoms with E-state index in [9.17, 15) is 29.8 Å². The van der Waals surface area contributed by atoms with Crippen LogP contribution < -0.4 is 10.9 Å². The number of nitro benzene ring substituents is 2. The molecule has 0 spiro atoms. The number of pyridine rings is 1. The van der Waals surface area contributed by atoms with Crippen LogP contribution in [0.3, 0.4) is 0 Å². The maximum absolute atomic E-state index is 12.0. The molecule has 1 aromatic carbocycles. The van der Waals surface area contributed by atoms with Crippen molar-refractivity contribution in [2.75, 3.05) is 0 Å². The molecule has 0 atom stereocenters. The number of nitro groups is 2. The molecule has 0 saturated carbocycles. The number of hydrogen-bond donors (Lipinski definition) is 2. The van der Waals surface area contributed by atoms with Crippen molar-refractivity contribution < 1.29 is 19.4 Å². The predicted molar refractivity (Wildman–Crippen MR) is 78.9 cm³/mol. The number of amides is 2. The second-order valence-corrected chi connectivity index (χ2v) is 4.37. The lowest BCUT2D eigenvalue weighted by atomic mass is 10.1. The molecule has 0 aliphatic rings. The maximum Gasteiger partial charge on any atom is 0.289 e. The second kappa shape index (κ2) is 6.91. The highest BCUT2D eigenvalue weighted by Crippen LogP contribution is 2.24. The Morgan fingerprint density at radius 2 is 1.71 bits per heavy atom. The average molecular weight is 331 g/mol. The number of aromatic nitrogens is 1. The number of nitrogens with one attached hydrogen (secondary N) is 2. The van der Waals surface area contributed by atoms with Gasteiger partial charge in [-0.1, -0.05) is 0 Å². The number of carbonyl (C=O) groups excluding carboxylic acids is 2. The van der Waals surface area contributed by atoms with E-state index in [1.807, 2.05) is 5.43 Å². The van der Waals surface area contributed by atoms with Crippen molar-refractivity contribution in [3.8, 4) is 0 Å². The number of carbonyl (C=O) groups is 2. The van der Waals surface area contributed by atoms with Crippen molar-refractivity contribution in [3.63, 3.8) is 0 Å². The summed E-state index contributed by atoms with van der Waals surface area (Å²) in [5, 5.41) is 21.6. The summed E-state index contributed by atoms with van der Waals surface area (Å²) in [6.07, 6.45) is 2.71. The van der Waals surface area contributed by atoms with Gasteiger partial charge in [0.2, 0.25) is 0 Å². The van der Waals surface area contributed by atoms with Gasteiger partial charge < -0.3 is 0 Å². The van der Waals surface area contributed by atoms with Crippen molar-refractivity contribution >= 4 is 23.2 Å². The first-order valence-electron chi connectivity index (χ1n) is 6.33. The molecular weight excluding hydrogens is 322 g/mol. The first kappa shape index (κ1) is 16.5. The minimum absolute atomic E-state index is 0.163. The SMILES string of the molecule is O=C(NNC(=O)c1ccc([N+](=O)[O-])cc1[N+](=O)[O-])c1cccnc1. The molecule has 24 heavy (non-hydrogen) atoms. The van der Waals surface area contributed by atoms with Gasteiger partial charge in [-0.2, -0.15) is 0 Å². The lowest BCUT2D eigenvalue weighted by Crippen LogP contribution is -2.41. The third kappa shape index (κ3) is 3.65. The fourth-order valence-corrected chi connectivity index (χ4v) is 1.73. The molecule has 11 heteroatoms. The zero-order chi connectivity index (χ0) is 17.7. The Morgan fingerprint density at radius 1 is 1.00 bits per heavy atom. The molecule has 2 aromatic rings. The lowest BCUT2D eigenvalue weighted by Gasteiger charge is -2.07. The van der Waals surface area contributed by atoms with Gasteiger partial charge in [0.1, 0.15) is 5.56 Å². The number of hydrogen-bond acceptors (Lipinski definition) is 7. The van der Waals surface area contributed by atoms with E-state index in [0.717, 1.165) is 12.1 Å². The minimum Gasteiger partial charge on any atom is -0.267 e. The van der Waals surface area contributed by atoms with E-state index in [0.29, 0.717) is 6.07 Å². The van der Waals surface area contributed by atoms with Crippen molar-refractivity contribution in [1.82, 2.24) is 15.8 Å². The van der Waals surface area contributed by atoms with Gasteiger partial charge in [-0.25, -0.2) is 0 Å². The van der Waals surface area contributed by atoms with E-state index in [-0.39, 0.29) is 5.56 Å². The lowest BCUT2D eigenvalue weighted by molar-refractivity contribution is -0.394. The van der Waals surface area contributed by atoms with Gasteiger partial charge in [0.15, 0.2) is 0 Å². The fourth-order valence-electron chi connectivity index (χ4n) is 1.73. The molecule has 0 bridgehead atoms. The normalized spacial score (nSPS) is 9.83. The Morgan fingerprint density at radius 3 is 2.29 bits per heavy atom. The summed E-state index contributed by atoms with van der Waals surface area (Å²) in [7, 11) is 0. The number of nitrogens with zero attached hydrogens (tertiary/aromatic N) is 3. The standard InChI is InChI=1S/C13H9N5O6/c19-12(8-2-1-5-14-7-8)15-16-13(20)10-4-3-9(17(21)22)6-11(10)18(23)24/h1-7H,(H,15,19)(H,16,20). The Kier molecular flexibility index (Phi) is 4.75. The Balaban J connectivity index is 2.16. The van der Waals surface area contributed by atoms with E-state index in [2.05, 4.69) is 10.4 Å². The molecule has 0 fully saturated rings.